The number of benzene rings is 1. The predicted octanol–water partition coefficient (Wildman–Crippen LogP) is 4.17. The Hall–Kier alpha value is -0.910. The zero-order chi connectivity index (χ0) is 13.7. The molecule has 0 unspecified atom stereocenters. The maximum absolute atomic E-state index is 4.22. The fourth-order valence-electron chi connectivity index (χ4n) is 2.07. The minimum Gasteiger partial charge on any atom is -0.207 e. The lowest BCUT2D eigenvalue weighted by Crippen LogP contribution is -1.99. The zero-order valence-corrected chi connectivity index (χ0v) is 13.7. The van der Waals surface area contributed by atoms with Gasteiger partial charge in [-0.1, -0.05) is 44.0 Å². The molecule has 1 aromatic carbocycles. The smallest absolute Gasteiger partial charge is 0.128 e. The van der Waals surface area contributed by atoms with E-state index in [1.807, 2.05) is 4.68 Å². The van der Waals surface area contributed by atoms with E-state index in [9.17, 15) is 0 Å². The summed E-state index contributed by atoms with van der Waals surface area (Å²) in [5.41, 5.74) is 3.56. The zero-order valence-electron chi connectivity index (χ0n) is 11.6. The first-order valence-electron chi connectivity index (χ1n) is 6.95. The molecule has 2 rings (SSSR count). The van der Waals surface area contributed by atoms with Gasteiger partial charge in [-0.3, -0.25) is 0 Å². The summed E-state index contributed by atoms with van der Waals surface area (Å²) < 4.78 is 3.02. The van der Waals surface area contributed by atoms with Gasteiger partial charge < -0.3 is 0 Å². The molecule has 0 saturated heterocycles. The van der Waals surface area contributed by atoms with Gasteiger partial charge in [0.05, 0.1) is 11.4 Å². The second-order valence-electron chi connectivity index (χ2n) is 4.72. The molecule has 1 aromatic heterocycles. The molecule has 0 aliphatic heterocycles. The third kappa shape index (κ3) is 3.55. The highest BCUT2D eigenvalue weighted by Gasteiger charge is 2.09. The quantitative estimate of drug-likeness (QED) is 0.565. The molecule has 0 saturated carbocycles. The average molecular weight is 369 g/mol. The monoisotopic (exact) mass is 369 g/mol. The molecule has 19 heavy (non-hydrogen) atoms. The molecule has 1 heterocycles. The number of aryl methyl sites for hydroxylation is 2. The third-order valence-corrected chi connectivity index (χ3v) is 4.34. The van der Waals surface area contributed by atoms with Crippen LogP contribution >= 0.6 is 22.6 Å². The van der Waals surface area contributed by atoms with Crippen molar-refractivity contribution >= 4 is 22.6 Å². The van der Waals surface area contributed by atoms with Crippen molar-refractivity contribution in [2.75, 3.05) is 0 Å². The predicted molar refractivity (Wildman–Crippen MR) is 86.7 cm³/mol. The second kappa shape index (κ2) is 7.03. The summed E-state index contributed by atoms with van der Waals surface area (Å²) in [5, 5.41) is 8.42. The first kappa shape index (κ1) is 14.5. The highest BCUT2D eigenvalue weighted by molar-refractivity contribution is 14.1. The van der Waals surface area contributed by atoms with Gasteiger partial charge in [0.15, 0.2) is 0 Å². The van der Waals surface area contributed by atoms with E-state index in [2.05, 4.69) is 71.0 Å². The molecule has 0 spiro atoms. The number of halogens is 1. The third-order valence-electron chi connectivity index (χ3n) is 3.26. The Kier molecular flexibility index (Phi) is 5.36. The topological polar surface area (TPSA) is 30.7 Å². The molecule has 0 aliphatic rings. The summed E-state index contributed by atoms with van der Waals surface area (Å²) in [6.07, 6.45) is 5.95. The van der Waals surface area contributed by atoms with Crippen molar-refractivity contribution in [2.24, 2.45) is 0 Å². The Labute approximate surface area is 128 Å². The molecular weight excluding hydrogens is 349 g/mol. The Morgan fingerprint density at radius 3 is 2.42 bits per heavy atom. The molecule has 102 valence electrons. The second-order valence-corrected chi connectivity index (χ2v) is 5.74. The van der Waals surface area contributed by atoms with E-state index in [1.54, 1.807) is 0 Å². The van der Waals surface area contributed by atoms with Crippen LogP contribution in [-0.4, -0.2) is 15.0 Å². The van der Waals surface area contributed by atoms with Crippen LogP contribution in [0.25, 0.3) is 5.69 Å². The maximum atomic E-state index is 4.22. The van der Waals surface area contributed by atoms with Crippen LogP contribution in [0, 0.1) is 3.70 Å². The van der Waals surface area contributed by atoms with Gasteiger partial charge >= 0.3 is 0 Å². The molecule has 0 amide bonds. The van der Waals surface area contributed by atoms with Gasteiger partial charge in [-0.25, -0.2) is 4.68 Å². The van der Waals surface area contributed by atoms with Crippen LogP contribution in [0.3, 0.4) is 0 Å². The van der Waals surface area contributed by atoms with Gasteiger partial charge in [-0.15, -0.1) is 5.10 Å². The van der Waals surface area contributed by atoms with E-state index in [1.165, 1.54) is 31.2 Å². The molecule has 0 bridgehead atoms. The number of aromatic nitrogens is 3. The van der Waals surface area contributed by atoms with Gasteiger partial charge in [0.2, 0.25) is 0 Å². The Balaban J connectivity index is 2.11. The lowest BCUT2D eigenvalue weighted by atomic mass is 10.1. The highest BCUT2D eigenvalue weighted by atomic mass is 127. The van der Waals surface area contributed by atoms with Crippen LogP contribution in [0.15, 0.2) is 24.3 Å². The Morgan fingerprint density at radius 2 is 1.84 bits per heavy atom. The van der Waals surface area contributed by atoms with E-state index in [4.69, 9.17) is 0 Å². The molecular formula is C15H20IN3. The van der Waals surface area contributed by atoms with Crippen LogP contribution in [0.1, 0.15) is 44.4 Å². The van der Waals surface area contributed by atoms with Gasteiger partial charge in [-0.2, -0.15) is 0 Å². The van der Waals surface area contributed by atoms with E-state index < -0.39 is 0 Å². The molecule has 0 atom stereocenters. The highest BCUT2D eigenvalue weighted by Crippen LogP contribution is 2.17. The van der Waals surface area contributed by atoms with Crippen molar-refractivity contribution in [1.29, 1.82) is 0 Å². The summed E-state index contributed by atoms with van der Waals surface area (Å²) in [6.45, 7) is 4.34. The molecule has 2 aromatic rings. The minimum atomic E-state index is 0.924. The van der Waals surface area contributed by atoms with Gasteiger partial charge in [0.1, 0.15) is 3.70 Å². The van der Waals surface area contributed by atoms with Gasteiger partial charge in [0.25, 0.3) is 0 Å². The molecule has 0 aliphatic carbocycles. The maximum Gasteiger partial charge on any atom is 0.128 e. The van der Waals surface area contributed by atoms with E-state index >= 15 is 0 Å². The lowest BCUT2D eigenvalue weighted by Gasteiger charge is -2.05. The molecule has 0 fully saturated rings. The lowest BCUT2D eigenvalue weighted by molar-refractivity contribution is 0.717. The first-order valence-corrected chi connectivity index (χ1v) is 8.03. The van der Waals surface area contributed by atoms with Crippen molar-refractivity contribution in [2.45, 2.75) is 46.0 Å². The van der Waals surface area contributed by atoms with Crippen molar-refractivity contribution < 1.29 is 0 Å². The number of hydrogen-bond donors (Lipinski definition) is 0. The first-order chi connectivity index (χ1) is 9.26. The van der Waals surface area contributed by atoms with Gasteiger partial charge in [-0.05, 0) is 59.5 Å². The number of nitrogens with zero attached hydrogens (tertiary/aromatic N) is 3. The molecule has 3 nitrogen and oxygen atoms in total. The van der Waals surface area contributed by atoms with Crippen molar-refractivity contribution in [3.8, 4) is 5.69 Å². The van der Waals surface area contributed by atoms with Crippen LogP contribution in [0.5, 0.6) is 0 Å². The van der Waals surface area contributed by atoms with E-state index in [0.29, 0.717) is 0 Å². The summed E-state index contributed by atoms with van der Waals surface area (Å²) in [6, 6.07) is 8.68. The standard InChI is InChI=1S/C15H20IN3/c1-3-5-6-7-12-8-10-13(11-9-12)19-15(16)14(4-2)17-18-19/h8-11H,3-7H2,1-2H3. The fraction of sp³-hybridized carbons (Fsp3) is 0.467. The van der Waals surface area contributed by atoms with Crippen molar-refractivity contribution in [1.82, 2.24) is 15.0 Å². The number of unbranched alkanes of at least 4 members (excludes halogenated alkanes) is 2. The van der Waals surface area contributed by atoms with Crippen molar-refractivity contribution in [3.05, 3.63) is 39.2 Å². The number of rotatable bonds is 6. The van der Waals surface area contributed by atoms with E-state index in [0.717, 1.165) is 21.5 Å². The molecule has 4 heteroatoms. The van der Waals surface area contributed by atoms with Crippen LogP contribution < -0.4 is 0 Å². The number of hydrogen-bond acceptors (Lipinski definition) is 2. The summed E-state index contributed by atoms with van der Waals surface area (Å²) in [4.78, 5) is 0. The Bertz CT molecular complexity index is 517. The van der Waals surface area contributed by atoms with Gasteiger partial charge in [0, 0.05) is 0 Å². The summed E-state index contributed by atoms with van der Waals surface area (Å²) in [7, 11) is 0. The summed E-state index contributed by atoms with van der Waals surface area (Å²) >= 11 is 2.31. The Morgan fingerprint density at radius 1 is 1.11 bits per heavy atom. The SMILES string of the molecule is CCCCCc1ccc(-n2nnc(CC)c2I)cc1. The average Bonchev–Trinajstić information content (AvgIpc) is 2.81. The van der Waals surface area contributed by atoms with Crippen LogP contribution in [0.2, 0.25) is 0 Å². The largest absolute Gasteiger partial charge is 0.207 e. The normalized spacial score (nSPS) is 10.9. The van der Waals surface area contributed by atoms with Crippen molar-refractivity contribution in [3.63, 3.8) is 0 Å². The summed E-state index contributed by atoms with van der Waals surface area (Å²) in [5.74, 6) is 0. The molecule has 0 N–H and O–H groups in total. The molecule has 0 radical (unpaired) electrons. The van der Waals surface area contributed by atoms with Crippen LogP contribution in [0.4, 0.5) is 0 Å². The fourth-order valence-corrected chi connectivity index (χ4v) is 2.93. The minimum absolute atomic E-state index is 0.924. The van der Waals surface area contributed by atoms with Crippen LogP contribution in [-0.2, 0) is 12.8 Å². The van der Waals surface area contributed by atoms with E-state index in [-0.39, 0.29) is 0 Å².